The number of fused-ring (bicyclic) bond motifs is 1. The maximum atomic E-state index is 13.3. The third-order valence-corrected chi connectivity index (χ3v) is 7.22. The molecule has 0 aliphatic carbocycles. The lowest BCUT2D eigenvalue weighted by atomic mass is 10.1. The minimum atomic E-state index is -4.08. The van der Waals surface area contributed by atoms with E-state index in [-0.39, 0.29) is 41.1 Å². The Hall–Kier alpha value is -3.35. The van der Waals surface area contributed by atoms with Crippen molar-refractivity contribution in [3.8, 4) is 0 Å². The number of hydrogen-bond acceptors (Lipinski definition) is 8. The Labute approximate surface area is 201 Å². The number of ether oxygens (including phenoxy) is 1. The average molecular weight is 504 g/mol. The Morgan fingerprint density at radius 2 is 1.94 bits per heavy atom. The quantitative estimate of drug-likeness (QED) is 0.102. The number of Topliss-reactive ketones (excluding diaryl/α,β-unsaturated/α-hetero) is 1. The van der Waals surface area contributed by atoms with Crippen LogP contribution in [0.15, 0.2) is 52.7 Å². The highest BCUT2D eigenvalue weighted by molar-refractivity contribution is 7.89. The molecule has 1 aromatic heterocycles. The second-order valence-electron chi connectivity index (χ2n) is 7.26. The molecule has 3 aromatic rings. The molecule has 0 unspecified atom stereocenters. The first-order chi connectivity index (χ1) is 16.2. The highest BCUT2D eigenvalue weighted by Crippen LogP contribution is 2.24. The Bertz CT molecular complexity index is 1300. The standard InChI is InChI=1S/C22H25N5O5S2/c1-2-32-21(29)17-13-33-20(26-17)19(28)16(10-6-12-25-22(23)24)27-34(30,31)18-11-5-8-14-7-3-4-9-15(14)18/h3-5,7-9,11,13,16,27H,2,6,10,12H2,1H3,(H4,23,24,25)/t16-/m0/s1. The number of carbonyl (C=O) groups excluding carboxylic acids is 2. The molecule has 0 bridgehead atoms. The Kier molecular flexibility index (Phi) is 8.31. The van der Waals surface area contributed by atoms with Crippen LogP contribution in [0.2, 0.25) is 0 Å². The fourth-order valence-corrected chi connectivity index (χ4v) is 5.53. The van der Waals surface area contributed by atoms with Gasteiger partial charge in [-0.15, -0.1) is 11.3 Å². The lowest BCUT2D eigenvalue weighted by Crippen LogP contribution is -2.41. The second-order valence-corrected chi connectivity index (χ2v) is 9.80. The first-order valence-corrected chi connectivity index (χ1v) is 12.8. The molecule has 1 heterocycles. The SMILES string of the molecule is CCOC(=O)c1csc(C(=O)[C@H](CCCNC(=N)N)NS(=O)(=O)c2cccc3ccccc23)n1. The molecule has 0 saturated carbocycles. The molecule has 0 fully saturated rings. The van der Waals surface area contributed by atoms with E-state index in [9.17, 15) is 18.0 Å². The van der Waals surface area contributed by atoms with E-state index in [0.717, 1.165) is 16.7 Å². The van der Waals surface area contributed by atoms with Gasteiger partial charge in [0.1, 0.15) is 0 Å². The van der Waals surface area contributed by atoms with Gasteiger partial charge in [0.05, 0.1) is 17.5 Å². The van der Waals surface area contributed by atoms with Crippen LogP contribution in [0.1, 0.15) is 40.1 Å². The van der Waals surface area contributed by atoms with Crippen LogP contribution < -0.4 is 15.8 Å². The maximum absolute atomic E-state index is 13.3. The minimum Gasteiger partial charge on any atom is -0.461 e. The van der Waals surface area contributed by atoms with Crippen molar-refractivity contribution < 1.29 is 22.7 Å². The molecule has 5 N–H and O–H groups in total. The van der Waals surface area contributed by atoms with Gasteiger partial charge in [-0.1, -0.05) is 36.4 Å². The third kappa shape index (κ3) is 6.16. The number of nitrogens with two attached hydrogens (primary N) is 1. The molecule has 0 saturated heterocycles. The van der Waals surface area contributed by atoms with Crippen LogP contribution in [0.4, 0.5) is 0 Å². The molecule has 0 spiro atoms. The van der Waals surface area contributed by atoms with Crippen molar-refractivity contribution in [2.75, 3.05) is 13.2 Å². The van der Waals surface area contributed by atoms with Gasteiger partial charge in [0, 0.05) is 17.3 Å². The molecule has 34 heavy (non-hydrogen) atoms. The summed E-state index contributed by atoms with van der Waals surface area (Å²) in [6.45, 7) is 2.10. The van der Waals surface area contributed by atoms with Gasteiger partial charge in [0.2, 0.25) is 15.8 Å². The topological polar surface area (TPSA) is 164 Å². The van der Waals surface area contributed by atoms with Crippen LogP contribution in [-0.4, -0.2) is 50.3 Å². The van der Waals surface area contributed by atoms with E-state index >= 15 is 0 Å². The molecule has 10 nitrogen and oxygen atoms in total. The molecule has 12 heteroatoms. The molecule has 0 aliphatic heterocycles. The Balaban J connectivity index is 1.88. The van der Waals surface area contributed by atoms with Crippen molar-refractivity contribution in [2.45, 2.75) is 30.7 Å². The van der Waals surface area contributed by atoms with Crippen LogP contribution in [0, 0.1) is 5.41 Å². The smallest absolute Gasteiger partial charge is 0.357 e. The third-order valence-electron chi connectivity index (χ3n) is 4.84. The van der Waals surface area contributed by atoms with Gasteiger partial charge < -0.3 is 15.8 Å². The molecule has 1 atom stereocenters. The monoisotopic (exact) mass is 503 g/mol. The van der Waals surface area contributed by atoms with Crippen molar-refractivity contribution in [3.63, 3.8) is 0 Å². The molecular weight excluding hydrogens is 478 g/mol. The maximum Gasteiger partial charge on any atom is 0.357 e. The largest absolute Gasteiger partial charge is 0.461 e. The van der Waals surface area contributed by atoms with Crippen molar-refractivity contribution in [2.24, 2.45) is 5.73 Å². The van der Waals surface area contributed by atoms with Crippen LogP contribution in [0.3, 0.4) is 0 Å². The highest BCUT2D eigenvalue weighted by atomic mass is 32.2. The van der Waals surface area contributed by atoms with Crippen LogP contribution >= 0.6 is 11.3 Å². The lowest BCUT2D eigenvalue weighted by Gasteiger charge is -2.18. The number of rotatable bonds is 11. The fourth-order valence-electron chi connectivity index (χ4n) is 3.29. The summed E-state index contributed by atoms with van der Waals surface area (Å²) < 4.78 is 34.0. The van der Waals surface area contributed by atoms with Crippen molar-refractivity contribution >= 4 is 49.8 Å². The van der Waals surface area contributed by atoms with E-state index in [0.29, 0.717) is 11.8 Å². The number of nitrogens with zero attached hydrogens (tertiary/aromatic N) is 1. The van der Waals surface area contributed by atoms with Crippen LogP contribution in [-0.2, 0) is 14.8 Å². The molecule has 3 rings (SSSR count). The number of hydrogen-bond donors (Lipinski definition) is 4. The predicted molar refractivity (Wildman–Crippen MR) is 130 cm³/mol. The van der Waals surface area contributed by atoms with E-state index in [1.807, 2.05) is 6.07 Å². The van der Waals surface area contributed by atoms with Gasteiger partial charge in [0.15, 0.2) is 16.7 Å². The highest BCUT2D eigenvalue weighted by Gasteiger charge is 2.29. The number of thiazole rings is 1. The van der Waals surface area contributed by atoms with Gasteiger partial charge >= 0.3 is 5.97 Å². The van der Waals surface area contributed by atoms with Crippen molar-refractivity contribution in [3.05, 3.63) is 58.5 Å². The number of esters is 1. The first-order valence-electron chi connectivity index (χ1n) is 10.5. The van der Waals surface area contributed by atoms with Crippen molar-refractivity contribution in [1.82, 2.24) is 15.0 Å². The number of aromatic nitrogens is 1. The zero-order chi connectivity index (χ0) is 24.7. The number of nitrogens with one attached hydrogen (secondary N) is 3. The molecule has 180 valence electrons. The van der Waals surface area contributed by atoms with E-state index in [1.54, 1.807) is 37.3 Å². The molecule has 0 amide bonds. The summed E-state index contributed by atoms with van der Waals surface area (Å²) >= 11 is 0.943. The number of benzene rings is 2. The molecule has 0 radical (unpaired) electrons. The Morgan fingerprint density at radius 3 is 2.68 bits per heavy atom. The van der Waals surface area contributed by atoms with Crippen LogP contribution in [0.5, 0.6) is 0 Å². The van der Waals surface area contributed by atoms with Gasteiger partial charge in [-0.25, -0.2) is 22.9 Å². The summed E-state index contributed by atoms with van der Waals surface area (Å²) in [5.41, 5.74) is 5.28. The van der Waals surface area contributed by atoms with Gasteiger partial charge in [-0.2, -0.15) is 0 Å². The number of carbonyl (C=O) groups is 2. The summed E-state index contributed by atoms with van der Waals surface area (Å²) in [6, 6.07) is 10.8. The second kappa shape index (κ2) is 11.2. The summed E-state index contributed by atoms with van der Waals surface area (Å²) in [4.78, 5) is 29.2. The number of guanidine groups is 1. The normalized spacial score (nSPS) is 12.3. The zero-order valence-corrected chi connectivity index (χ0v) is 20.0. The summed E-state index contributed by atoms with van der Waals surface area (Å²) in [5.74, 6) is -1.44. The van der Waals surface area contributed by atoms with E-state index in [4.69, 9.17) is 15.9 Å². The minimum absolute atomic E-state index is 0.00630. The Morgan fingerprint density at radius 1 is 1.21 bits per heavy atom. The number of sulfonamides is 1. The predicted octanol–water partition coefficient (Wildman–Crippen LogP) is 2.27. The number of ketones is 1. The van der Waals surface area contributed by atoms with Crippen molar-refractivity contribution in [1.29, 1.82) is 5.41 Å². The van der Waals surface area contributed by atoms with E-state index in [1.165, 1.54) is 11.4 Å². The molecule has 0 aliphatic rings. The first kappa shape index (κ1) is 25.3. The van der Waals surface area contributed by atoms with Gasteiger partial charge in [-0.05, 0) is 31.2 Å². The molecule has 2 aromatic carbocycles. The zero-order valence-electron chi connectivity index (χ0n) is 18.4. The van der Waals surface area contributed by atoms with Gasteiger partial charge in [0.25, 0.3) is 0 Å². The molecular formula is C22H25N5O5S2. The summed E-state index contributed by atoms with van der Waals surface area (Å²) in [7, 11) is -4.08. The average Bonchev–Trinajstić information content (AvgIpc) is 3.30. The summed E-state index contributed by atoms with van der Waals surface area (Å²) in [6.07, 6.45) is 0.474. The van der Waals surface area contributed by atoms with Crippen LogP contribution in [0.25, 0.3) is 10.8 Å². The van der Waals surface area contributed by atoms with Gasteiger partial charge in [-0.3, -0.25) is 10.2 Å². The summed E-state index contributed by atoms with van der Waals surface area (Å²) in [5, 5.41) is 12.5. The fraction of sp³-hybridized carbons (Fsp3) is 0.273. The lowest BCUT2D eigenvalue weighted by molar-refractivity contribution is 0.0520. The van der Waals surface area contributed by atoms with E-state index < -0.39 is 27.8 Å². The van der Waals surface area contributed by atoms with E-state index in [2.05, 4.69) is 15.0 Å².